The van der Waals surface area contributed by atoms with Gasteiger partial charge in [-0.3, -0.25) is 0 Å². The topological polar surface area (TPSA) is 26.0 Å². The van der Waals surface area contributed by atoms with Gasteiger partial charge in [-0.05, 0) is 23.3 Å². The fourth-order valence-electron chi connectivity index (χ4n) is 1.82. The zero-order valence-corrected chi connectivity index (χ0v) is 10.0. The lowest BCUT2D eigenvalue weighted by atomic mass is 9.93. The molecule has 0 spiro atoms. The normalized spacial score (nSPS) is 25.9. The molecular weight excluding hydrogens is 233 g/mol. The van der Waals surface area contributed by atoms with Crippen molar-refractivity contribution < 1.29 is 4.39 Å². The van der Waals surface area contributed by atoms with Gasteiger partial charge in [0.2, 0.25) is 0 Å². The zero-order valence-electron chi connectivity index (χ0n) is 8.47. The third kappa shape index (κ3) is 2.01. The second-order valence-electron chi connectivity index (χ2n) is 3.95. The first kappa shape index (κ1) is 11.2. The number of halogens is 2. The summed E-state index contributed by atoms with van der Waals surface area (Å²) >= 11 is 7.47. The van der Waals surface area contributed by atoms with Gasteiger partial charge in [0.25, 0.3) is 0 Å². The van der Waals surface area contributed by atoms with Gasteiger partial charge < -0.3 is 5.73 Å². The molecule has 2 rings (SSSR count). The number of nitrogens with two attached hydrogens (primary N) is 1. The third-order valence-corrected chi connectivity index (χ3v) is 4.38. The highest BCUT2D eigenvalue weighted by Gasteiger charge is 2.24. The van der Waals surface area contributed by atoms with E-state index >= 15 is 0 Å². The van der Waals surface area contributed by atoms with E-state index in [2.05, 4.69) is 6.92 Å². The highest BCUT2D eigenvalue weighted by atomic mass is 35.5. The molecule has 0 bridgehead atoms. The Morgan fingerprint density at radius 2 is 2.27 bits per heavy atom. The first-order valence-corrected chi connectivity index (χ1v) is 6.44. The molecular formula is C11H13ClFNS. The van der Waals surface area contributed by atoms with Crippen molar-refractivity contribution in [1.29, 1.82) is 0 Å². The lowest BCUT2D eigenvalue weighted by molar-refractivity contribution is 0.518. The first-order chi connectivity index (χ1) is 7.11. The van der Waals surface area contributed by atoms with Crippen LogP contribution >= 0.6 is 23.4 Å². The minimum absolute atomic E-state index is 0.0817. The van der Waals surface area contributed by atoms with Crippen LogP contribution in [0.1, 0.15) is 24.1 Å². The van der Waals surface area contributed by atoms with E-state index in [0.717, 1.165) is 11.3 Å². The van der Waals surface area contributed by atoms with Crippen molar-refractivity contribution in [2.24, 2.45) is 11.7 Å². The minimum atomic E-state index is -0.300. The molecule has 0 aliphatic carbocycles. The quantitative estimate of drug-likeness (QED) is 0.759. The van der Waals surface area contributed by atoms with Crippen LogP contribution in [0.15, 0.2) is 12.1 Å². The van der Waals surface area contributed by atoms with Crippen LogP contribution in [-0.2, 0) is 5.75 Å². The van der Waals surface area contributed by atoms with E-state index in [1.807, 2.05) is 6.07 Å². The van der Waals surface area contributed by atoms with Crippen LogP contribution in [0, 0.1) is 11.7 Å². The Bertz CT molecular complexity index is 383. The van der Waals surface area contributed by atoms with E-state index in [1.54, 1.807) is 17.8 Å². The maximum Gasteiger partial charge on any atom is 0.146 e. The SMILES string of the molecule is CC1CSCc2c(ccc(Cl)c2F)C1N. The lowest BCUT2D eigenvalue weighted by Gasteiger charge is -2.18. The fourth-order valence-corrected chi connectivity index (χ4v) is 3.20. The Balaban J connectivity index is 2.53. The van der Waals surface area contributed by atoms with E-state index in [0.29, 0.717) is 17.2 Å². The number of thioether (sulfide) groups is 1. The summed E-state index contributed by atoms with van der Waals surface area (Å²) in [5, 5.41) is 0.191. The van der Waals surface area contributed by atoms with Crippen LogP contribution in [0.25, 0.3) is 0 Å². The number of benzene rings is 1. The van der Waals surface area contributed by atoms with Gasteiger partial charge in [-0.15, -0.1) is 0 Å². The van der Waals surface area contributed by atoms with E-state index in [4.69, 9.17) is 17.3 Å². The van der Waals surface area contributed by atoms with Crippen LogP contribution in [0.4, 0.5) is 4.39 Å². The van der Waals surface area contributed by atoms with Crippen molar-refractivity contribution in [3.8, 4) is 0 Å². The summed E-state index contributed by atoms with van der Waals surface area (Å²) < 4.78 is 13.8. The highest BCUT2D eigenvalue weighted by Crippen LogP contribution is 2.35. The standard InChI is InChI=1S/C11H13ClFNS/c1-6-4-15-5-8-7(11(6)14)2-3-9(12)10(8)13/h2-3,6,11H,4-5,14H2,1H3. The Morgan fingerprint density at radius 3 is 3.00 bits per heavy atom. The van der Waals surface area contributed by atoms with Crippen LogP contribution in [0.2, 0.25) is 5.02 Å². The molecule has 1 aliphatic heterocycles. The first-order valence-electron chi connectivity index (χ1n) is 4.91. The number of hydrogen-bond donors (Lipinski definition) is 1. The molecule has 1 aliphatic rings. The predicted octanol–water partition coefficient (Wildman–Crippen LogP) is 3.36. The Labute approximate surface area is 98.2 Å². The second-order valence-corrected chi connectivity index (χ2v) is 5.38. The van der Waals surface area contributed by atoms with E-state index in [-0.39, 0.29) is 16.9 Å². The van der Waals surface area contributed by atoms with Gasteiger partial charge >= 0.3 is 0 Å². The van der Waals surface area contributed by atoms with E-state index < -0.39 is 0 Å². The maximum atomic E-state index is 13.8. The molecule has 2 unspecified atom stereocenters. The molecule has 0 amide bonds. The Hall–Kier alpha value is -0.250. The average Bonchev–Trinajstić information content (AvgIpc) is 2.35. The molecule has 0 fully saturated rings. The molecule has 1 aromatic rings. The van der Waals surface area contributed by atoms with Gasteiger partial charge in [-0.1, -0.05) is 24.6 Å². The third-order valence-electron chi connectivity index (χ3n) is 2.83. The smallest absolute Gasteiger partial charge is 0.146 e. The van der Waals surface area contributed by atoms with Crippen molar-refractivity contribution in [3.63, 3.8) is 0 Å². The van der Waals surface area contributed by atoms with Gasteiger partial charge in [0.15, 0.2) is 0 Å². The maximum absolute atomic E-state index is 13.8. The van der Waals surface area contributed by atoms with Gasteiger partial charge in [0, 0.05) is 17.4 Å². The summed E-state index contributed by atoms with van der Waals surface area (Å²) in [7, 11) is 0. The predicted molar refractivity (Wildman–Crippen MR) is 63.7 cm³/mol. The monoisotopic (exact) mass is 245 g/mol. The van der Waals surface area contributed by atoms with E-state index in [9.17, 15) is 4.39 Å². The van der Waals surface area contributed by atoms with Crippen molar-refractivity contribution >= 4 is 23.4 Å². The second kappa shape index (κ2) is 4.32. The Morgan fingerprint density at radius 1 is 1.53 bits per heavy atom. The van der Waals surface area contributed by atoms with Crippen LogP contribution in [-0.4, -0.2) is 5.75 Å². The summed E-state index contributed by atoms with van der Waals surface area (Å²) in [6, 6.07) is 3.37. The van der Waals surface area contributed by atoms with Crippen LogP contribution < -0.4 is 5.73 Å². The lowest BCUT2D eigenvalue weighted by Crippen LogP contribution is -2.20. The number of rotatable bonds is 0. The molecule has 2 N–H and O–H groups in total. The van der Waals surface area contributed by atoms with Crippen molar-refractivity contribution in [2.75, 3.05) is 5.75 Å². The largest absolute Gasteiger partial charge is 0.324 e. The number of fused-ring (bicyclic) bond motifs is 1. The van der Waals surface area contributed by atoms with Gasteiger partial charge in [0.05, 0.1) is 5.02 Å². The van der Waals surface area contributed by atoms with Gasteiger partial charge in [-0.2, -0.15) is 11.8 Å². The molecule has 82 valence electrons. The van der Waals surface area contributed by atoms with E-state index in [1.165, 1.54) is 0 Å². The highest BCUT2D eigenvalue weighted by molar-refractivity contribution is 7.98. The molecule has 1 nitrogen and oxygen atoms in total. The van der Waals surface area contributed by atoms with Crippen LogP contribution in [0.5, 0.6) is 0 Å². The summed E-state index contributed by atoms with van der Waals surface area (Å²) in [4.78, 5) is 0. The molecule has 15 heavy (non-hydrogen) atoms. The molecule has 4 heteroatoms. The molecule has 0 saturated heterocycles. The molecule has 0 aromatic heterocycles. The fraction of sp³-hybridized carbons (Fsp3) is 0.455. The molecule has 1 heterocycles. The average molecular weight is 246 g/mol. The summed E-state index contributed by atoms with van der Waals surface area (Å²) in [5.41, 5.74) is 7.68. The van der Waals surface area contributed by atoms with Crippen molar-refractivity contribution in [3.05, 3.63) is 34.1 Å². The summed E-state index contributed by atoms with van der Waals surface area (Å²) in [6.45, 7) is 2.10. The molecule has 0 radical (unpaired) electrons. The molecule has 0 saturated carbocycles. The minimum Gasteiger partial charge on any atom is -0.324 e. The van der Waals surface area contributed by atoms with Gasteiger partial charge in [0.1, 0.15) is 5.82 Å². The van der Waals surface area contributed by atoms with Crippen molar-refractivity contribution in [2.45, 2.75) is 18.7 Å². The molecule has 2 atom stereocenters. The Kier molecular flexibility index (Phi) is 3.24. The summed E-state index contributed by atoms with van der Waals surface area (Å²) in [5.74, 6) is 1.70. The van der Waals surface area contributed by atoms with Gasteiger partial charge in [-0.25, -0.2) is 4.39 Å². The van der Waals surface area contributed by atoms with Crippen molar-refractivity contribution in [1.82, 2.24) is 0 Å². The number of hydrogen-bond acceptors (Lipinski definition) is 2. The molecule has 1 aromatic carbocycles. The zero-order chi connectivity index (χ0) is 11.0. The van der Waals surface area contributed by atoms with Crippen LogP contribution in [0.3, 0.4) is 0 Å². The summed E-state index contributed by atoms with van der Waals surface area (Å²) in [6.07, 6.45) is 0.